The summed E-state index contributed by atoms with van der Waals surface area (Å²) in [6.07, 6.45) is 1.40. The van der Waals surface area contributed by atoms with Gasteiger partial charge in [-0.3, -0.25) is 14.2 Å². The van der Waals surface area contributed by atoms with Crippen LogP contribution in [0.2, 0.25) is 0 Å². The van der Waals surface area contributed by atoms with E-state index in [0.29, 0.717) is 22.5 Å². The second-order valence-electron chi connectivity index (χ2n) is 7.32. The lowest BCUT2D eigenvalue weighted by Crippen LogP contribution is -2.35. The number of carbonyl (C=O) groups excluding carboxylic acids is 1. The van der Waals surface area contributed by atoms with Gasteiger partial charge in [0.05, 0.1) is 5.39 Å². The van der Waals surface area contributed by atoms with Crippen LogP contribution in [0, 0.1) is 0 Å². The molecule has 4 aromatic rings. The molecule has 2 heterocycles. The molecule has 0 aliphatic heterocycles. The molecule has 0 aliphatic carbocycles. The van der Waals surface area contributed by atoms with Crippen molar-refractivity contribution < 1.29 is 4.79 Å². The van der Waals surface area contributed by atoms with Crippen LogP contribution in [0.5, 0.6) is 0 Å². The van der Waals surface area contributed by atoms with E-state index in [-0.39, 0.29) is 5.56 Å². The first-order chi connectivity index (χ1) is 14.5. The molecule has 0 saturated heterocycles. The van der Waals surface area contributed by atoms with Crippen LogP contribution < -0.4 is 11.3 Å². The molecule has 0 aliphatic rings. The number of aryl methyl sites for hydroxylation is 1. The molecule has 6 heteroatoms. The van der Waals surface area contributed by atoms with Crippen molar-refractivity contribution >= 4 is 27.5 Å². The largest absolute Gasteiger partial charge is 0.368 e. The number of hydrogen-bond acceptors (Lipinski definition) is 4. The zero-order chi connectivity index (χ0) is 21.3. The van der Waals surface area contributed by atoms with Crippen molar-refractivity contribution in [2.24, 2.45) is 5.73 Å². The van der Waals surface area contributed by atoms with Crippen molar-refractivity contribution in [3.8, 4) is 11.1 Å². The van der Waals surface area contributed by atoms with E-state index in [9.17, 15) is 9.59 Å². The van der Waals surface area contributed by atoms with E-state index in [1.54, 1.807) is 6.92 Å². The van der Waals surface area contributed by atoms with Gasteiger partial charge in [0, 0.05) is 17.4 Å². The van der Waals surface area contributed by atoms with Crippen LogP contribution in [0.25, 0.3) is 21.3 Å². The minimum absolute atomic E-state index is 0.229. The number of nitrogens with zero attached hydrogens (tertiary/aromatic N) is 2. The molecule has 5 nitrogen and oxygen atoms in total. The first-order valence-corrected chi connectivity index (χ1v) is 10.8. The van der Waals surface area contributed by atoms with Crippen LogP contribution in [0.3, 0.4) is 0 Å². The van der Waals surface area contributed by atoms with E-state index in [0.717, 1.165) is 23.1 Å². The van der Waals surface area contributed by atoms with Gasteiger partial charge in [-0.2, -0.15) is 0 Å². The van der Waals surface area contributed by atoms with Gasteiger partial charge < -0.3 is 5.73 Å². The highest BCUT2D eigenvalue weighted by Gasteiger charge is 2.22. The molecule has 0 saturated carbocycles. The third kappa shape index (κ3) is 3.66. The summed E-state index contributed by atoms with van der Waals surface area (Å²) >= 11 is 1.45. The van der Waals surface area contributed by atoms with Gasteiger partial charge in [0.25, 0.3) is 5.56 Å². The summed E-state index contributed by atoms with van der Waals surface area (Å²) in [7, 11) is 0. The number of hydrogen-bond donors (Lipinski definition) is 1. The van der Waals surface area contributed by atoms with Crippen LogP contribution in [-0.2, 0) is 17.6 Å². The number of aromatic nitrogens is 2. The lowest BCUT2D eigenvalue weighted by Gasteiger charge is -2.17. The first-order valence-electron chi connectivity index (χ1n) is 9.94. The highest BCUT2D eigenvalue weighted by atomic mass is 32.1. The van der Waals surface area contributed by atoms with E-state index < -0.39 is 11.9 Å². The molecule has 1 unspecified atom stereocenters. The fourth-order valence-electron chi connectivity index (χ4n) is 3.61. The highest BCUT2D eigenvalue weighted by Crippen LogP contribution is 2.32. The van der Waals surface area contributed by atoms with Crippen molar-refractivity contribution in [1.82, 2.24) is 9.55 Å². The Hall–Kier alpha value is -3.25. The van der Waals surface area contributed by atoms with Crippen molar-refractivity contribution in [2.75, 3.05) is 0 Å². The smallest absolute Gasteiger partial charge is 0.263 e. The lowest BCUT2D eigenvalue weighted by atomic mass is 10.0. The standard InChI is InChI=1S/C24H23N3O2S/c1-3-16-9-11-18(12-10-16)19-14-30-23-21(19)24(29)27(15(2)22(25)28)20(26-23)13-17-7-5-4-6-8-17/h4-12,14-15H,3,13H2,1-2H3,(H2,25,28). The number of carbonyl (C=O) groups is 1. The van der Waals surface area contributed by atoms with E-state index in [2.05, 4.69) is 19.1 Å². The van der Waals surface area contributed by atoms with Gasteiger partial charge in [-0.15, -0.1) is 11.3 Å². The van der Waals surface area contributed by atoms with Gasteiger partial charge in [-0.1, -0.05) is 61.5 Å². The Morgan fingerprint density at radius 1 is 1.10 bits per heavy atom. The minimum atomic E-state index is -0.789. The van der Waals surface area contributed by atoms with E-state index in [1.165, 1.54) is 21.5 Å². The fourth-order valence-corrected chi connectivity index (χ4v) is 4.56. The van der Waals surface area contributed by atoms with Gasteiger partial charge >= 0.3 is 0 Å². The molecule has 0 fully saturated rings. The summed E-state index contributed by atoms with van der Waals surface area (Å²) in [5.41, 5.74) is 9.40. The number of fused-ring (bicyclic) bond motifs is 1. The van der Waals surface area contributed by atoms with Gasteiger partial charge in [0.15, 0.2) is 0 Å². The second kappa shape index (κ2) is 8.24. The van der Waals surface area contributed by atoms with Gasteiger partial charge in [-0.25, -0.2) is 4.98 Å². The molecule has 0 radical (unpaired) electrons. The quantitative estimate of drug-likeness (QED) is 0.507. The van der Waals surface area contributed by atoms with Gasteiger partial charge in [0.1, 0.15) is 16.7 Å². The molecule has 30 heavy (non-hydrogen) atoms. The molecule has 2 N–H and O–H groups in total. The topological polar surface area (TPSA) is 78.0 Å². The van der Waals surface area contributed by atoms with Crippen LogP contribution >= 0.6 is 11.3 Å². The van der Waals surface area contributed by atoms with Crippen LogP contribution in [0.15, 0.2) is 64.8 Å². The van der Waals surface area contributed by atoms with E-state index in [1.807, 2.05) is 47.8 Å². The number of thiophene rings is 1. The summed E-state index contributed by atoms with van der Waals surface area (Å²) in [5, 5.41) is 2.50. The van der Waals surface area contributed by atoms with Crippen LogP contribution in [0.1, 0.15) is 36.8 Å². The summed E-state index contributed by atoms with van der Waals surface area (Å²) in [6, 6.07) is 17.2. The maximum absolute atomic E-state index is 13.6. The van der Waals surface area contributed by atoms with E-state index >= 15 is 0 Å². The number of benzene rings is 2. The van der Waals surface area contributed by atoms with Gasteiger partial charge in [-0.05, 0) is 30.0 Å². The molecule has 2 aromatic heterocycles. The zero-order valence-electron chi connectivity index (χ0n) is 17.0. The van der Waals surface area contributed by atoms with Crippen LogP contribution in [-0.4, -0.2) is 15.5 Å². The summed E-state index contributed by atoms with van der Waals surface area (Å²) in [5.74, 6) is -0.0172. The molecule has 0 spiro atoms. The predicted molar refractivity (Wildman–Crippen MR) is 122 cm³/mol. The van der Waals surface area contributed by atoms with Crippen molar-refractivity contribution in [3.05, 3.63) is 87.3 Å². The SMILES string of the molecule is CCc1ccc(-c2csc3nc(Cc4ccccc4)n(C(C)C(N)=O)c(=O)c23)cc1. The van der Waals surface area contributed by atoms with Crippen molar-refractivity contribution in [3.63, 3.8) is 0 Å². The highest BCUT2D eigenvalue weighted by molar-refractivity contribution is 7.17. The Morgan fingerprint density at radius 3 is 2.43 bits per heavy atom. The molecular formula is C24H23N3O2S. The molecular weight excluding hydrogens is 394 g/mol. The van der Waals surface area contributed by atoms with Crippen LogP contribution in [0.4, 0.5) is 0 Å². The first kappa shape index (κ1) is 20.0. The number of rotatable bonds is 6. The minimum Gasteiger partial charge on any atom is -0.368 e. The molecule has 2 aromatic carbocycles. The summed E-state index contributed by atoms with van der Waals surface area (Å²) in [4.78, 5) is 31.0. The molecule has 152 valence electrons. The Balaban J connectivity index is 1.92. The molecule has 1 amide bonds. The maximum atomic E-state index is 13.6. The monoisotopic (exact) mass is 417 g/mol. The predicted octanol–water partition coefficient (Wildman–Crippen LogP) is 4.32. The van der Waals surface area contributed by atoms with E-state index in [4.69, 9.17) is 10.7 Å². The van der Waals surface area contributed by atoms with Crippen molar-refractivity contribution in [2.45, 2.75) is 32.7 Å². The summed E-state index contributed by atoms with van der Waals surface area (Å²) in [6.45, 7) is 3.75. The Kier molecular flexibility index (Phi) is 5.50. The average Bonchev–Trinajstić information content (AvgIpc) is 3.18. The summed E-state index contributed by atoms with van der Waals surface area (Å²) < 4.78 is 1.45. The zero-order valence-corrected chi connectivity index (χ0v) is 17.8. The number of amides is 1. The number of primary amides is 1. The molecule has 1 atom stereocenters. The van der Waals surface area contributed by atoms with Gasteiger partial charge in [0.2, 0.25) is 5.91 Å². The fraction of sp³-hybridized carbons (Fsp3) is 0.208. The molecule has 0 bridgehead atoms. The third-order valence-corrected chi connectivity index (χ3v) is 6.26. The number of nitrogens with two attached hydrogens (primary N) is 1. The third-order valence-electron chi connectivity index (χ3n) is 5.39. The lowest BCUT2D eigenvalue weighted by molar-refractivity contribution is -0.120. The molecule has 4 rings (SSSR count). The Morgan fingerprint density at radius 2 is 1.80 bits per heavy atom. The normalized spacial score (nSPS) is 12.2. The second-order valence-corrected chi connectivity index (χ2v) is 8.18. The maximum Gasteiger partial charge on any atom is 0.263 e. The average molecular weight is 418 g/mol. The Labute approximate surface area is 178 Å². The van der Waals surface area contributed by atoms with Crippen molar-refractivity contribution in [1.29, 1.82) is 0 Å². The Bertz CT molecular complexity index is 1260.